The number of amides is 1. The van der Waals surface area contributed by atoms with Crippen LogP contribution in [-0.2, 0) is 16.1 Å². The Morgan fingerprint density at radius 2 is 1.96 bits per heavy atom. The van der Waals surface area contributed by atoms with E-state index in [-0.39, 0.29) is 12.5 Å². The van der Waals surface area contributed by atoms with E-state index >= 15 is 0 Å². The van der Waals surface area contributed by atoms with E-state index in [2.05, 4.69) is 15.3 Å². The molecule has 1 aromatic carbocycles. The zero-order chi connectivity index (χ0) is 17.8. The van der Waals surface area contributed by atoms with Crippen molar-refractivity contribution in [2.45, 2.75) is 6.54 Å². The van der Waals surface area contributed by atoms with Crippen LogP contribution in [0.3, 0.4) is 0 Å². The number of aromatic nitrogens is 2. The minimum Gasteiger partial charge on any atom is -0.378 e. The second kappa shape index (κ2) is 7.72. The topological polar surface area (TPSA) is 59.4 Å². The van der Waals surface area contributed by atoms with Gasteiger partial charge in [0, 0.05) is 30.7 Å². The predicted octanol–water partition coefficient (Wildman–Crippen LogP) is 3.09. The van der Waals surface area contributed by atoms with Crippen molar-refractivity contribution in [1.82, 2.24) is 9.78 Å². The Labute approximate surface area is 156 Å². The standard InChI is InChI=1S/C19H20N4O2S/c24-19(14-23-8-7-17(21-23)18-2-1-13-26-18)20-15-3-5-16(6-4-15)22-9-11-25-12-10-22/h1-8,13H,9-12,14H2,(H,20,24). The molecule has 1 fully saturated rings. The molecule has 4 rings (SSSR count). The maximum atomic E-state index is 12.3. The van der Waals surface area contributed by atoms with Crippen molar-refractivity contribution in [3.05, 3.63) is 54.0 Å². The fourth-order valence-corrected chi connectivity index (χ4v) is 3.62. The second-order valence-corrected chi connectivity index (χ2v) is 7.02. The summed E-state index contributed by atoms with van der Waals surface area (Å²) in [6.45, 7) is 3.51. The van der Waals surface area contributed by atoms with Crippen LogP contribution in [0.5, 0.6) is 0 Å². The molecule has 134 valence electrons. The van der Waals surface area contributed by atoms with Crippen LogP contribution in [0.4, 0.5) is 11.4 Å². The zero-order valence-electron chi connectivity index (χ0n) is 14.3. The molecule has 1 aliphatic rings. The van der Waals surface area contributed by atoms with Crippen LogP contribution in [0.1, 0.15) is 0 Å². The highest BCUT2D eigenvalue weighted by Crippen LogP contribution is 2.22. The number of nitrogens with one attached hydrogen (secondary N) is 1. The van der Waals surface area contributed by atoms with Crippen LogP contribution in [-0.4, -0.2) is 42.0 Å². The predicted molar refractivity (Wildman–Crippen MR) is 104 cm³/mol. The molecular formula is C19H20N4O2S. The van der Waals surface area contributed by atoms with E-state index in [1.165, 1.54) is 0 Å². The van der Waals surface area contributed by atoms with Gasteiger partial charge in [0.25, 0.3) is 0 Å². The van der Waals surface area contributed by atoms with Gasteiger partial charge in [-0.15, -0.1) is 11.3 Å². The quantitative estimate of drug-likeness (QED) is 0.752. The lowest BCUT2D eigenvalue weighted by Crippen LogP contribution is -2.36. The first-order valence-corrected chi connectivity index (χ1v) is 9.46. The van der Waals surface area contributed by atoms with Crippen LogP contribution in [0.15, 0.2) is 54.0 Å². The third kappa shape index (κ3) is 3.95. The number of ether oxygens (including phenoxy) is 1. The third-order valence-electron chi connectivity index (χ3n) is 4.25. The molecule has 0 aliphatic carbocycles. The SMILES string of the molecule is O=C(Cn1ccc(-c2cccs2)n1)Nc1ccc(N2CCOCC2)cc1. The van der Waals surface area contributed by atoms with E-state index in [4.69, 9.17) is 4.74 Å². The lowest BCUT2D eigenvalue weighted by Gasteiger charge is -2.28. The maximum Gasteiger partial charge on any atom is 0.246 e. The number of nitrogens with zero attached hydrogens (tertiary/aromatic N) is 3. The first-order chi connectivity index (χ1) is 12.8. The van der Waals surface area contributed by atoms with Gasteiger partial charge in [-0.25, -0.2) is 0 Å². The summed E-state index contributed by atoms with van der Waals surface area (Å²) in [7, 11) is 0. The van der Waals surface area contributed by atoms with Gasteiger partial charge >= 0.3 is 0 Å². The minimum atomic E-state index is -0.0926. The van der Waals surface area contributed by atoms with E-state index in [0.29, 0.717) is 0 Å². The first kappa shape index (κ1) is 16.8. The Morgan fingerprint density at radius 3 is 2.69 bits per heavy atom. The molecule has 1 N–H and O–H groups in total. The number of hydrogen-bond acceptors (Lipinski definition) is 5. The smallest absolute Gasteiger partial charge is 0.246 e. The molecule has 0 radical (unpaired) electrons. The van der Waals surface area contributed by atoms with Gasteiger partial charge in [0.2, 0.25) is 5.91 Å². The van der Waals surface area contributed by atoms with Crippen LogP contribution in [0.25, 0.3) is 10.6 Å². The molecule has 0 unspecified atom stereocenters. The summed E-state index contributed by atoms with van der Waals surface area (Å²) in [5, 5.41) is 9.40. The van der Waals surface area contributed by atoms with Crippen LogP contribution in [0.2, 0.25) is 0 Å². The van der Waals surface area contributed by atoms with Crippen LogP contribution < -0.4 is 10.2 Å². The lowest BCUT2D eigenvalue weighted by molar-refractivity contribution is -0.116. The van der Waals surface area contributed by atoms with E-state index in [1.807, 2.05) is 54.0 Å². The monoisotopic (exact) mass is 368 g/mol. The molecule has 1 saturated heterocycles. The Morgan fingerprint density at radius 1 is 1.15 bits per heavy atom. The van der Waals surface area contributed by atoms with Gasteiger partial charge in [0.15, 0.2) is 0 Å². The van der Waals surface area contributed by atoms with Crippen molar-refractivity contribution in [1.29, 1.82) is 0 Å². The van der Waals surface area contributed by atoms with Gasteiger partial charge in [-0.3, -0.25) is 9.48 Å². The Kier molecular flexibility index (Phi) is 4.99. The first-order valence-electron chi connectivity index (χ1n) is 8.58. The number of rotatable bonds is 5. The van der Waals surface area contributed by atoms with Crippen molar-refractivity contribution < 1.29 is 9.53 Å². The fourth-order valence-electron chi connectivity index (χ4n) is 2.93. The average Bonchev–Trinajstić information content (AvgIpc) is 3.35. The Bertz CT molecular complexity index is 852. The van der Waals surface area contributed by atoms with Crippen molar-refractivity contribution in [2.24, 2.45) is 0 Å². The summed E-state index contributed by atoms with van der Waals surface area (Å²) in [6, 6.07) is 13.9. The van der Waals surface area contributed by atoms with E-state index in [1.54, 1.807) is 16.0 Å². The van der Waals surface area contributed by atoms with E-state index in [9.17, 15) is 4.79 Å². The van der Waals surface area contributed by atoms with E-state index in [0.717, 1.165) is 48.2 Å². The van der Waals surface area contributed by atoms with Gasteiger partial charge in [0.05, 0.1) is 18.1 Å². The number of benzene rings is 1. The molecule has 6 nitrogen and oxygen atoms in total. The lowest BCUT2D eigenvalue weighted by atomic mass is 10.2. The van der Waals surface area contributed by atoms with Gasteiger partial charge in [-0.1, -0.05) is 6.07 Å². The molecular weight excluding hydrogens is 348 g/mol. The van der Waals surface area contributed by atoms with Crippen LogP contribution in [0, 0.1) is 0 Å². The second-order valence-electron chi connectivity index (χ2n) is 6.07. The highest BCUT2D eigenvalue weighted by atomic mass is 32.1. The zero-order valence-corrected chi connectivity index (χ0v) is 15.1. The average molecular weight is 368 g/mol. The summed E-state index contributed by atoms with van der Waals surface area (Å²) in [6.07, 6.45) is 1.83. The molecule has 1 amide bonds. The minimum absolute atomic E-state index is 0.0926. The number of morpholine rings is 1. The summed E-state index contributed by atoms with van der Waals surface area (Å²) < 4.78 is 7.03. The highest BCUT2D eigenvalue weighted by Gasteiger charge is 2.11. The third-order valence-corrected chi connectivity index (χ3v) is 5.14. The number of hydrogen-bond donors (Lipinski definition) is 1. The Balaban J connectivity index is 1.34. The largest absolute Gasteiger partial charge is 0.378 e. The van der Waals surface area contributed by atoms with Crippen LogP contribution >= 0.6 is 11.3 Å². The number of carbonyl (C=O) groups excluding carboxylic acids is 1. The highest BCUT2D eigenvalue weighted by molar-refractivity contribution is 7.13. The molecule has 7 heteroatoms. The normalized spacial score (nSPS) is 14.4. The molecule has 0 saturated carbocycles. The Hall–Kier alpha value is -2.64. The molecule has 0 atom stereocenters. The molecule has 3 heterocycles. The van der Waals surface area contributed by atoms with Crippen molar-refractivity contribution in [3.8, 4) is 10.6 Å². The summed E-state index contributed by atoms with van der Waals surface area (Å²) in [5.41, 5.74) is 2.83. The van der Waals surface area contributed by atoms with Crippen molar-refractivity contribution in [2.75, 3.05) is 36.5 Å². The number of thiophene rings is 1. The van der Waals surface area contributed by atoms with Crippen molar-refractivity contribution in [3.63, 3.8) is 0 Å². The summed E-state index contributed by atoms with van der Waals surface area (Å²) in [4.78, 5) is 15.7. The fraction of sp³-hybridized carbons (Fsp3) is 0.263. The number of anilines is 2. The van der Waals surface area contributed by atoms with Gasteiger partial charge < -0.3 is 15.0 Å². The van der Waals surface area contributed by atoms with Gasteiger partial charge in [0.1, 0.15) is 12.2 Å². The molecule has 0 bridgehead atoms. The van der Waals surface area contributed by atoms with Crippen molar-refractivity contribution >= 4 is 28.6 Å². The molecule has 2 aromatic heterocycles. The summed E-state index contributed by atoms with van der Waals surface area (Å²) >= 11 is 1.64. The van der Waals surface area contributed by atoms with Gasteiger partial charge in [-0.2, -0.15) is 5.10 Å². The molecule has 3 aromatic rings. The molecule has 26 heavy (non-hydrogen) atoms. The number of carbonyl (C=O) groups is 1. The summed E-state index contributed by atoms with van der Waals surface area (Å²) in [5.74, 6) is -0.0926. The molecule has 1 aliphatic heterocycles. The van der Waals surface area contributed by atoms with E-state index < -0.39 is 0 Å². The maximum absolute atomic E-state index is 12.3. The molecule has 0 spiro atoms. The van der Waals surface area contributed by atoms with Gasteiger partial charge in [-0.05, 0) is 41.8 Å².